The molecule has 0 bridgehead atoms. The molecular weight excluding hydrogens is 190 g/mol. The van der Waals surface area contributed by atoms with Crippen LogP contribution in [-0.4, -0.2) is 11.0 Å². The topological polar surface area (TPSA) is 12.0 Å². The van der Waals surface area contributed by atoms with Gasteiger partial charge in [0.15, 0.2) is 0 Å². The summed E-state index contributed by atoms with van der Waals surface area (Å²) in [4.78, 5) is 1.16. The standard InChI is InChI=1S/C12H21NS/c1-8(2)5-9-6-10(7-9)12(14)13-11-3-4-11/h8-11H,3-7H2,1-2H3,(H,13,14). The van der Waals surface area contributed by atoms with Crippen molar-refractivity contribution in [1.29, 1.82) is 0 Å². The molecule has 0 amide bonds. The van der Waals surface area contributed by atoms with Gasteiger partial charge < -0.3 is 5.32 Å². The van der Waals surface area contributed by atoms with Gasteiger partial charge in [0.1, 0.15) is 0 Å². The molecule has 2 saturated carbocycles. The van der Waals surface area contributed by atoms with Crippen LogP contribution in [0.2, 0.25) is 0 Å². The van der Waals surface area contributed by atoms with E-state index in [4.69, 9.17) is 12.2 Å². The van der Waals surface area contributed by atoms with Crippen molar-refractivity contribution in [3.63, 3.8) is 0 Å². The predicted molar refractivity (Wildman–Crippen MR) is 64.4 cm³/mol. The number of nitrogens with one attached hydrogen (secondary N) is 1. The molecule has 2 heteroatoms. The summed E-state index contributed by atoms with van der Waals surface area (Å²) in [5.74, 6) is 2.53. The van der Waals surface area contributed by atoms with Crippen LogP contribution in [-0.2, 0) is 0 Å². The third-order valence-corrected chi connectivity index (χ3v) is 3.79. The van der Waals surface area contributed by atoms with E-state index in [2.05, 4.69) is 19.2 Å². The first-order chi connectivity index (χ1) is 6.65. The second-order valence-corrected chi connectivity index (χ2v) is 5.89. The maximum atomic E-state index is 5.40. The maximum absolute atomic E-state index is 5.40. The lowest BCUT2D eigenvalue weighted by Crippen LogP contribution is -2.38. The van der Waals surface area contributed by atoms with E-state index < -0.39 is 0 Å². The second-order valence-electron chi connectivity index (χ2n) is 5.45. The first-order valence-electron chi connectivity index (χ1n) is 5.95. The number of hydrogen-bond donors (Lipinski definition) is 1. The van der Waals surface area contributed by atoms with Gasteiger partial charge in [-0.05, 0) is 43.9 Å². The van der Waals surface area contributed by atoms with Gasteiger partial charge in [-0.3, -0.25) is 0 Å². The van der Waals surface area contributed by atoms with Crippen LogP contribution in [0, 0.1) is 17.8 Å². The first-order valence-corrected chi connectivity index (χ1v) is 6.36. The number of thiocarbonyl (C=S) groups is 1. The Morgan fingerprint density at radius 3 is 2.50 bits per heavy atom. The average Bonchev–Trinajstić information content (AvgIpc) is 2.78. The van der Waals surface area contributed by atoms with E-state index in [1.54, 1.807) is 0 Å². The van der Waals surface area contributed by atoms with Crippen molar-refractivity contribution in [1.82, 2.24) is 5.32 Å². The quantitative estimate of drug-likeness (QED) is 0.717. The molecule has 0 saturated heterocycles. The van der Waals surface area contributed by atoms with Crippen LogP contribution in [0.1, 0.15) is 46.0 Å². The Balaban J connectivity index is 1.63. The van der Waals surface area contributed by atoms with Gasteiger partial charge in [0.25, 0.3) is 0 Å². The fourth-order valence-electron chi connectivity index (χ4n) is 2.36. The van der Waals surface area contributed by atoms with Gasteiger partial charge in [-0.2, -0.15) is 0 Å². The minimum atomic E-state index is 0.717. The van der Waals surface area contributed by atoms with Gasteiger partial charge in [-0.1, -0.05) is 26.1 Å². The molecule has 1 nitrogen and oxygen atoms in total. The van der Waals surface area contributed by atoms with E-state index in [0.29, 0.717) is 5.92 Å². The molecule has 80 valence electrons. The van der Waals surface area contributed by atoms with Crippen molar-refractivity contribution in [3.05, 3.63) is 0 Å². The lowest BCUT2D eigenvalue weighted by atomic mass is 9.71. The zero-order valence-electron chi connectivity index (χ0n) is 9.25. The van der Waals surface area contributed by atoms with E-state index in [1.165, 1.54) is 32.1 Å². The lowest BCUT2D eigenvalue weighted by Gasteiger charge is -2.37. The van der Waals surface area contributed by atoms with Gasteiger partial charge in [-0.25, -0.2) is 0 Å². The van der Waals surface area contributed by atoms with Crippen LogP contribution in [0.3, 0.4) is 0 Å². The predicted octanol–water partition coefficient (Wildman–Crippen LogP) is 3.14. The Morgan fingerprint density at radius 1 is 1.36 bits per heavy atom. The van der Waals surface area contributed by atoms with Crippen molar-refractivity contribution in [2.24, 2.45) is 17.8 Å². The molecule has 0 aromatic rings. The Kier molecular flexibility index (Phi) is 3.10. The minimum absolute atomic E-state index is 0.717. The summed E-state index contributed by atoms with van der Waals surface area (Å²) in [5, 5.41) is 3.46. The Bertz CT molecular complexity index is 214. The van der Waals surface area contributed by atoms with Gasteiger partial charge in [0, 0.05) is 12.0 Å². The molecule has 0 atom stereocenters. The first kappa shape index (κ1) is 10.4. The van der Waals surface area contributed by atoms with Crippen LogP contribution in [0.15, 0.2) is 0 Å². The molecule has 2 rings (SSSR count). The van der Waals surface area contributed by atoms with E-state index in [0.717, 1.165) is 22.9 Å². The summed E-state index contributed by atoms with van der Waals surface area (Å²) in [5.41, 5.74) is 0. The largest absolute Gasteiger partial charge is 0.377 e. The zero-order chi connectivity index (χ0) is 10.1. The maximum Gasteiger partial charge on any atom is 0.0787 e. The molecule has 2 aliphatic carbocycles. The van der Waals surface area contributed by atoms with Gasteiger partial charge >= 0.3 is 0 Å². The molecule has 0 aromatic heterocycles. The summed E-state index contributed by atoms with van der Waals surface area (Å²) in [6.45, 7) is 4.63. The van der Waals surface area contributed by atoms with Crippen LogP contribution in [0.25, 0.3) is 0 Å². The zero-order valence-corrected chi connectivity index (χ0v) is 10.1. The van der Waals surface area contributed by atoms with E-state index in [-0.39, 0.29) is 0 Å². The molecule has 2 fully saturated rings. The summed E-state index contributed by atoms with van der Waals surface area (Å²) in [6.07, 6.45) is 6.75. The molecule has 0 heterocycles. The minimum Gasteiger partial charge on any atom is -0.377 e. The van der Waals surface area contributed by atoms with Crippen molar-refractivity contribution < 1.29 is 0 Å². The molecule has 1 N–H and O–H groups in total. The van der Waals surface area contributed by atoms with E-state index in [9.17, 15) is 0 Å². The molecule has 0 spiro atoms. The number of hydrogen-bond acceptors (Lipinski definition) is 1. The van der Waals surface area contributed by atoms with Crippen LogP contribution >= 0.6 is 12.2 Å². The molecule has 0 radical (unpaired) electrons. The highest BCUT2D eigenvalue weighted by atomic mass is 32.1. The van der Waals surface area contributed by atoms with Crippen LogP contribution < -0.4 is 5.32 Å². The average molecular weight is 211 g/mol. The van der Waals surface area contributed by atoms with Gasteiger partial charge in [-0.15, -0.1) is 0 Å². The summed E-state index contributed by atoms with van der Waals surface area (Å²) in [6, 6.07) is 0.742. The molecule has 0 unspecified atom stereocenters. The summed E-state index contributed by atoms with van der Waals surface area (Å²) < 4.78 is 0. The van der Waals surface area contributed by atoms with Crippen LogP contribution in [0.4, 0.5) is 0 Å². The molecule has 14 heavy (non-hydrogen) atoms. The highest BCUT2D eigenvalue weighted by Gasteiger charge is 2.34. The van der Waals surface area contributed by atoms with Crippen molar-refractivity contribution >= 4 is 17.2 Å². The van der Waals surface area contributed by atoms with Crippen molar-refractivity contribution in [2.45, 2.75) is 52.0 Å². The Labute approximate surface area is 92.7 Å². The van der Waals surface area contributed by atoms with Crippen LogP contribution in [0.5, 0.6) is 0 Å². The number of rotatable bonds is 4. The highest BCUT2D eigenvalue weighted by molar-refractivity contribution is 7.80. The lowest BCUT2D eigenvalue weighted by molar-refractivity contribution is 0.216. The summed E-state index contributed by atoms with van der Waals surface area (Å²) >= 11 is 5.40. The molecular formula is C12H21NS. The fraction of sp³-hybridized carbons (Fsp3) is 0.917. The molecule has 0 aromatic carbocycles. The fourth-order valence-corrected chi connectivity index (χ4v) is 2.71. The monoisotopic (exact) mass is 211 g/mol. The Morgan fingerprint density at radius 2 is 2.00 bits per heavy atom. The highest BCUT2D eigenvalue weighted by Crippen LogP contribution is 2.39. The smallest absolute Gasteiger partial charge is 0.0787 e. The van der Waals surface area contributed by atoms with E-state index in [1.807, 2.05) is 0 Å². The molecule has 0 aliphatic heterocycles. The Hall–Kier alpha value is -0.110. The molecule has 2 aliphatic rings. The van der Waals surface area contributed by atoms with Gasteiger partial charge in [0.05, 0.1) is 4.99 Å². The van der Waals surface area contributed by atoms with Crippen molar-refractivity contribution in [3.8, 4) is 0 Å². The van der Waals surface area contributed by atoms with E-state index >= 15 is 0 Å². The normalized spacial score (nSPS) is 31.4. The second kappa shape index (κ2) is 4.18. The van der Waals surface area contributed by atoms with Gasteiger partial charge in [0.2, 0.25) is 0 Å². The third kappa shape index (κ3) is 2.69. The van der Waals surface area contributed by atoms with Crippen molar-refractivity contribution in [2.75, 3.05) is 0 Å². The summed E-state index contributed by atoms with van der Waals surface area (Å²) in [7, 11) is 0. The SMILES string of the molecule is CC(C)CC1CC(C(=S)NC2CC2)C1. The third-order valence-electron chi connectivity index (χ3n) is 3.33.